The smallest absolute Gasteiger partial charge is 0.264 e. The normalized spacial score (nSPS) is 22.8. The van der Waals surface area contributed by atoms with Gasteiger partial charge in [-0.05, 0) is 24.7 Å². The van der Waals surface area contributed by atoms with Gasteiger partial charge in [-0.1, -0.05) is 19.8 Å². The van der Waals surface area contributed by atoms with Crippen molar-refractivity contribution in [2.24, 2.45) is 11.8 Å². The van der Waals surface area contributed by atoms with Crippen molar-refractivity contribution >= 4 is 10.1 Å². The van der Waals surface area contributed by atoms with Crippen LogP contribution in [0.15, 0.2) is 0 Å². The third-order valence-electron chi connectivity index (χ3n) is 3.76. The van der Waals surface area contributed by atoms with Crippen LogP contribution in [0.3, 0.4) is 0 Å². The third kappa shape index (κ3) is 11.4. The minimum absolute atomic E-state index is 0.0436. The summed E-state index contributed by atoms with van der Waals surface area (Å²) >= 11 is 0. The standard InChI is InChI=1S/C15H30O6S/c1-14-3-5-15(6-4-14)13-20-10-9-18-7-8-19-11-12-21-22(2,16)17/h14-15H,3-13H2,1-2H3/t14-,15-. The summed E-state index contributed by atoms with van der Waals surface area (Å²) in [6.45, 7) is 5.52. The summed E-state index contributed by atoms with van der Waals surface area (Å²) in [5, 5.41) is 0. The lowest BCUT2D eigenvalue weighted by Gasteiger charge is -2.25. The number of ether oxygens (including phenoxy) is 3. The Morgan fingerprint density at radius 3 is 1.86 bits per heavy atom. The first kappa shape index (κ1) is 19.8. The monoisotopic (exact) mass is 338 g/mol. The van der Waals surface area contributed by atoms with Crippen LogP contribution >= 0.6 is 0 Å². The molecule has 0 unspecified atom stereocenters. The molecule has 1 aliphatic rings. The molecular weight excluding hydrogens is 308 g/mol. The molecule has 1 rings (SSSR count). The van der Waals surface area contributed by atoms with Crippen molar-refractivity contribution in [2.45, 2.75) is 32.6 Å². The van der Waals surface area contributed by atoms with Gasteiger partial charge >= 0.3 is 0 Å². The van der Waals surface area contributed by atoms with Crippen molar-refractivity contribution < 1.29 is 26.8 Å². The van der Waals surface area contributed by atoms with Crippen LogP contribution in [0, 0.1) is 11.8 Å². The van der Waals surface area contributed by atoms with Crippen LogP contribution in [0.25, 0.3) is 0 Å². The predicted molar refractivity (Wildman–Crippen MR) is 84.4 cm³/mol. The number of hydrogen-bond donors (Lipinski definition) is 0. The maximum absolute atomic E-state index is 10.7. The van der Waals surface area contributed by atoms with Crippen molar-refractivity contribution in [2.75, 3.05) is 52.5 Å². The zero-order chi connectivity index (χ0) is 16.3. The average Bonchev–Trinajstić information content (AvgIpc) is 2.45. The van der Waals surface area contributed by atoms with Crippen LogP contribution in [-0.2, 0) is 28.5 Å². The molecule has 132 valence electrons. The van der Waals surface area contributed by atoms with Gasteiger partial charge in [0.2, 0.25) is 0 Å². The molecule has 0 radical (unpaired) electrons. The van der Waals surface area contributed by atoms with Crippen LogP contribution in [-0.4, -0.2) is 60.9 Å². The lowest BCUT2D eigenvalue weighted by molar-refractivity contribution is -0.0000157. The summed E-state index contributed by atoms with van der Waals surface area (Å²) in [6, 6.07) is 0. The van der Waals surface area contributed by atoms with Gasteiger partial charge in [0.05, 0.1) is 45.9 Å². The summed E-state index contributed by atoms with van der Waals surface area (Å²) in [7, 11) is -3.37. The van der Waals surface area contributed by atoms with E-state index in [1.807, 2.05) is 0 Å². The fraction of sp³-hybridized carbons (Fsp3) is 1.00. The largest absolute Gasteiger partial charge is 0.379 e. The lowest BCUT2D eigenvalue weighted by Crippen LogP contribution is -2.19. The summed E-state index contributed by atoms with van der Waals surface area (Å²) < 4.78 is 42.1. The maximum Gasteiger partial charge on any atom is 0.264 e. The predicted octanol–water partition coefficient (Wildman–Crippen LogP) is 1.84. The molecule has 0 aliphatic heterocycles. The molecule has 0 bridgehead atoms. The van der Waals surface area contributed by atoms with Gasteiger partial charge in [0, 0.05) is 6.61 Å². The van der Waals surface area contributed by atoms with E-state index in [1.165, 1.54) is 25.7 Å². The van der Waals surface area contributed by atoms with E-state index in [9.17, 15) is 8.42 Å². The van der Waals surface area contributed by atoms with E-state index in [2.05, 4.69) is 11.1 Å². The minimum atomic E-state index is -3.37. The molecule has 0 saturated heterocycles. The molecule has 6 nitrogen and oxygen atoms in total. The zero-order valence-electron chi connectivity index (χ0n) is 13.8. The first-order chi connectivity index (χ1) is 10.5. The maximum atomic E-state index is 10.7. The zero-order valence-corrected chi connectivity index (χ0v) is 14.6. The van der Waals surface area contributed by atoms with Crippen molar-refractivity contribution in [1.29, 1.82) is 0 Å². The molecule has 0 spiro atoms. The van der Waals surface area contributed by atoms with E-state index in [-0.39, 0.29) is 13.2 Å². The van der Waals surface area contributed by atoms with Crippen molar-refractivity contribution in [3.05, 3.63) is 0 Å². The fourth-order valence-corrected chi connectivity index (χ4v) is 2.80. The fourth-order valence-electron chi connectivity index (χ4n) is 2.43. The van der Waals surface area contributed by atoms with Gasteiger partial charge in [-0.3, -0.25) is 4.18 Å². The highest BCUT2D eigenvalue weighted by atomic mass is 32.2. The highest BCUT2D eigenvalue weighted by Gasteiger charge is 2.17. The van der Waals surface area contributed by atoms with Gasteiger partial charge in [0.25, 0.3) is 10.1 Å². The summed E-state index contributed by atoms with van der Waals surface area (Å²) in [5.74, 6) is 1.59. The van der Waals surface area contributed by atoms with Gasteiger partial charge < -0.3 is 14.2 Å². The summed E-state index contributed by atoms with van der Waals surface area (Å²) in [6.07, 6.45) is 6.23. The van der Waals surface area contributed by atoms with Crippen molar-refractivity contribution in [1.82, 2.24) is 0 Å². The molecule has 0 heterocycles. The van der Waals surface area contributed by atoms with Crippen LogP contribution in [0.2, 0.25) is 0 Å². The van der Waals surface area contributed by atoms with Crippen LogP contribution in [0.4, 0.5) is 0 Å². The molecule has 0 aromatic heterocycles. The second-order valence-electron chi connectivity index (χ2n) is 5.95. The van der Waals surface area contributed by atoms with E-state index >= 15 is 0 Å². The van der Waals surface area contributed by atoms with Crippen LogP contribution in [0.5, 0.6) is 0 Å². The molecule has 1 aliphatic carbocycles. The number of hydrogen-bond acceptors (Lipinski definition) is 6. The van der Waals surface area contributed by atoms with Crippen LogP contribution < -0.4 is 0 Å². The molecule has 22 heavy (non-hydrogen) atoms. The first-order valence-electron chi connectivity index (χ1n) is 8.05. The van der Waals surface area contributed by atoms with E-state index in [4.69, 9.17) is 14.2 Å². The Hall–Kier alpha value is -0.210. The topological polar surface area (TPSA) is 71.1 Å². The molecule has 0 N–H and O–H groups in total. The Labute approximate surface area is 134 Å². The second kappa shape index (κ2) is 11.3. The highest BCUT2D eigenvalue weighted by molar-refractivity contribution is 7.85. The SMILES string of the molecule is CS(=O)(=O)OCCOCCOCCOC[C@H]1CC[C@H](C)CC1. The summed E-state index contributed by atoms with van der Waals surface area (Å²) in [4.78, 5) is 0. The minimum Gasteiger partial charge on any atom is -0.379 e. The van der Waals surface area contributed by atoms with E-state index in [0.29, 0.717) is 26.4 Å². The number of rotatable bonds is 12. The summed E-state index contributed by atoms with van der Waals surface area (Å²) in [5.41, 5.74) is 0. The van der Waals surface area contributed by atoms with Gasteiger partial charge in [-0.2, -0.15) is 8.42 Å². The molecule has 0 aromatic carbocycles. The molecule has 0 amide bonds. The Balaban J connectivity index is 1.78. The van der Waals surface area contributed by atoms with Crippen LogP contribution in [0.1, 0.15) is 32.6 Å². The van der Waals surface area contributed by atoms with Gasteiger partial charge in [0.15, 0.2) is 0 Å². The van der Waals surface area contributed by atoms with Gasteiger partial charge in [-0.15, -0.1) is 0 Å². The third-order valence-corrected chi connectivity index (χ3v) is 4.35. The molecular formula is C15H30O6S. The van der Waals surface area contributed by atoms with Crippen molar-refractivity contribution in [3.8, 4) is 0 Å². The first-order valence-corrected chi connectivity index (χ1v) is 9.86. The average molecular weight is 338 g/mol. The molecule has 1 fully saturated rings. The van der Waals surface area contributed by atoms with Gasteiger partial charge in [0.1, 0.15) is 0 Å². The van der Waals surface area contributed by atoms with E-state index < -0.39 is 10.1 Å². The molecule has 0 aromatic rings. The molecule has 1 saturated carbocycles. The molecule has 7 heteroatoms. The highest BCUT2D eigenvalue weighted by Crippen LogP contribution is 2.28. The van der Waals surface area contributed by atoms with Crippen molar-refractivity contribution in [3.63, 3.8) is 0 Å². The lowest BCUT2D eigenvalue weighted by atomic mass is 9.83. The van der Waals surface area contributed by atoms with E-state index in [0.717, 1.165) is 24.7 Å². The Morgan fingerprint density at radius 2 is 1.32 bits per heavy atom. The van der Waals surface area contributed by atoms with E-state index in [1.54, 1.807) is 0 Å². The molecule has 0 atom stereocenters. The second-order valence-corrected chi connectivity index (χ2v) is 7.60. The quantitative estimate of drug-likeness (QED) is 0.399. The Morgan fingerprint density at radius 1 is 0.818 bits per heavy atom. The Bertz CT molecular complexity index is 362. The van der Waals surface area contributed by atoms with Gasteiger partial charge in [-0.25, -0.2) is 0 Å². The Kier molecular flexibility index (Phi) is 10.2.